The second kappa shape index (κ2) is 24.7. The van der Waals surface area contributed by atoms with Gasteiger partial charge in [0.2, 0.25) is 53.2 Å². The van der Waals surface area contributed by atoms with E-state index in [2.05, 4.69) is 42.2 Å². The Balaban J connectivity index is 1.77. The van der Waals surface area contributed by atoms with Crippen molar-refractivity contribution < 1.29 is 76.9 Å². The number of rotatable bonds is 10. The van der Waals surface area contributed by atoms with E-state index in [-0.39, 0.29) is 27.6 Å². The van der Waals surface area contributed by atoms with Gasteiger partial charge in [0.05, 0.1) is 36.2 Å². The number of benzene rings is 1. The number of carbonyl (C=O) groups excluding carboxylic acids is 12. The van der Waals surface area contributed by atoms with Gasteiger partial charge in [-0.25, -0.2) is 0 Å². The zero-order chi connectivity index (χ0) is 53.1. The number of primary amides is 1. The third-order valence-corrected chi connectivity index (χ3v) is 13.3. The summed E-state index contributed by atoms with van der Waals surface area (Å²) in [5.74, 6) is -13.5. The van der Waals surface area contributed by atoms with E-state index in [4.69, 9.17) is 19.9 Å². The van der Waals surface area contributed by atoms with Crippen LogP contribution in [0.1, 0.15) is 66.4 Å². The van der Waals surface area contributed by atoms with Gasteiger partial charge in [-0.05, 0) is 17.5 Å². The summed E-state index contributed by atoms with van der Waals surface area (Å²) in [6.45, 7) is 5.45. The molecule has 1 aromatic carbocycles. The number of thioether (sulfide) groups is 1. The number of carbonyl (C=O) groups is 12. The van der Waals surface area contributed by atoms with Crippen LogP contribution < -0.4 is 47.7 Å². The Morgan fingerprint density at radius 3 is 2.12 bits per heavy atom. The molecule has 0 spiro atoms. The van der Waals surface area contributed by atoms with Crippen LogP contribution in [0, 0.1) is 11.8 Å². The molecule has 9 amide bonds. The van der Waals surface area contributed by atoms with Crippen LogP contribution in [0.3, 0.4) is 0 Å². The molecule has 27 heteroatoms. The number of aliphatic hydroxyl groups is 1. The first-order chi connectivity index (χ1) is 34.0. The number of nitrogens with one attached hydrogen (secondary N) is 8. The van der Waals surface area contributed by atoms with E-state index in [1.54, 1.807) is 19.9 Å². The fourth-order valence-electron chi connectivity index (χ4n) is 8.34. The largest absolute Gasteiger partial charge is 0.462 e. The van der Waals surface area contributed by atoms with Crippen molar-refractivity contribution in [3.8, 4) is 5.75 Å². The third-order valence-electron chi connectivity index (χ3n) is 12.2. The van der Waals surface area contributed by atoms with Gasteiger partial charge in [0, 0.05) is 57.2 Å². The topological polar surface area (TPSA) is 382 Å². The van der Waals surface area contributed by atoms with Gasteiger partial charge in [-0.1, -0.05) is 39.3 Å². The highest BCUT2D eigenvalue weighted by Gasteiger charge is 2.45. The van der Waals surface area contributed by atoms with Gasteiger partial charge in [0.25, 0.3) is 0 Å². The highest BCUT2D eigenvalue weighted by Crippen LogP contribution is 2.36. The van der Waals surface area contributed by atoms with Gasteiger partial charge in [0.1, 0.15) is 49.0 Å². The molecule has 0 saturated carbocycles. The van der Waals surface area contributed by atoms with Gasteiger partial charge in [-0.2, -0.15) is 0 Å². The lowest BCUT2D eigenvalue weighted by Crippen LogP contribution is -2.62. The Labute approximate surface area is 416 Å². The van der Waals surface area contributed by atoms with Crippen LogP contribution in [-0.4, -0.2) is 167 Å². The molecule has 3 aliphatic rings. The Hall–Kier alpha value is -7.29. The summed E-state index contributed by atoms with van der Waals surface area (Å²) in [5, 5.41) is 29.0. The summed E-state index contributed by atoms with van der Waals surface area (Å²) in [6, 6.07) is -5.15. The number of nitrogens with zero attached hydrogens (tertiary/aromatic N) is 1. The second-order valence-electron chi connectivity index (χ2n) is 17.7. The summed E-state index contributed by atoms with van der Waals surface area (Å²) in [7, 11) is 0. The van der Waals surface area contributed by atoms with Crippen molar-refractivity contribution in [2.45, 2.75) is 121 Å². The number of H-pyrrole nitrogens is 1. The van der Waals surface area contributed by atoms with Gasteiger partial charge >= 0.3 is 17.9 Å². The minimum atomic E-state index is -1.82. The minimum Gasteiger partial charge on any atom is -0.462 e. The van der Waals surface area contributed by atoms with Crippen LogP contribution in [0.4, 0.5) is 0 Å². The third kappa shape index (κ3) is 14.4. The molecule has 1 aromatic heterocycles. The van der Waals surface area contributed by atoms with Crippen molar-refractivity contribution in [1.82, 2.24) is 47.1 Å². The van der Waals surface area contributed by atoms with Crippen LogP contribution >= 0.6 is 11.8 Å². The first-order valence-electron chi connectivity index (χ1n) is 23.0. The van der Waals surface area contributed by atoms with Gasteiger partial charge < -0.3 is 72.2 Å². The fraction of sp³-hybridized carbons (Fsp3) is 0.556. The lowest BCUT2D eigenvalue weighted by Gasteiger charge is -2.33. The van der Waals surface area contributed by atoms with Gasteiger partial charge in [-0.15, -0.1) is 11.8 Å². The average Bonchev–Trinajstić information content (AvgIpc) is 3.88. The Morgan fingerprint density at radius 1 is 0.806 bits per heavy atom. The molecule has 2 aromatic rings. The fourth-order valence-corrected chi connectivity index (χ4v) is 9.45. The molecule has 11 N–H and O–H groups in total. The smallest absolute Gasteiger partial charge is 0.308 e. The number of fused-ring (bicyclic) bond motifs is 5. The predicted molar refractivity (Wildman–Crippen MR) is 250 cm³/mol. The highest BCUT2D eigenvalue weighted by atomic mass is 32.2. The minimum absolute atomic E-state index is 0.0279. The molecule has 4 heterocycles. The van der Waals surface area contributed by atoms with Gasteiger partial charge in [0.15, 0.2) is 5.75 Å². The van der Waals surface area contributed by atoms with E-state index < -0.39 is 177 Å². The van der Waals surface area contributed by atoms with Crippen LogP contribution in [-0.2, 0) is 73.4 Å². The quantitative estimate of drug-likeness (QED) is 0.0813. The van der Waals surface area contributed by atoms with E-state index in [1.807, 2.05) is 0 Å². The van der Waals surface area contributed by atoms with E-state index >= 15 is 0 Å². The molecule has 2 bridgehead atoms. The van der Waals surface area contributed by atoms with Crippen LogP contribution in [0.5, 0.6) is 5.75 Å². The summed E-state index contributed by atoms with van der Waals surface area (Å²) in [5.41, 5.74) is 6.02. The molecule has 26 nitrogen and oxygen atoms in total. The van der Waals surface area contributed by atoms with Crippen molar-refractivity contribution in [1.29, 1.82) is 0 Å². The van der Waals surface area contributed by atoms with E-state index in [0.717, 1.165) is 37.4 Å². The number of para-hydroxylation sites is 1. The molecule has 3 unspecified atom stereocenters. The number of hydrogen-bond donors (Lipinski definition) is 10. The number of aliphatic hydroxyl groups excluding tert-OH is 1. The number of aromatic nitrogens is 1. The van der Waals surface area contributed by atoms with Crippen molar-refractivity contribution in [2.75, 3.05) is 32.0 Å². The maximum absolute atomic E-state index is 15.0. The monoisotopic (exact) mass is 1030 g/mol. The van der Waals surface area contributed by atoms with E-state index in [0.29, 0.717) is 11.8 Å². The first kappa shape index (κ1) is 55.6. The molecule has 392 valence electrons. The molecule has 5 rings (SSSR count). The van der Waals surface area contributed by atoms with Crippen molar-refractivity contribution in [2.24, 2.45) is 17.6 Å². The lowest BCUT2D eigenvalue weighted by atomic mass is 9.93. The molecule has 0 radical (unpaired) electrons. The first-order valence-corrected chi connectivity index (χ1v) is 24.0. The molecule has 1 fully saturated rings. The van der Waals surface area contributed by atoms with E-state index in [9.17, 15) is 62.6 Å². The zero-order valence-electron chi connectivity index (χ0n) is 40.4. The summed E-state index contributed by atoms with van der Waals surface area (Å²) < 4.78 is 16.1. The molecule has 10 atom stereocenters. The number of esters is 3. The molecule has 3 aliphatic heterocycles. The van der Waals surface area contributed by atoms with Crippen LogP contribution in [0.25, 0.3) is 10.9 Å². The predicted octanol–water partition coefficient (Wildman–Crippen LogP) is -3.57. The summed E-state index contributed by atoms with van der Waals surface area (Å²) in [4.78, 5) is 167. The number of amides is 9. The maximum atomic E-state index is 15.0. The molecule has 1 saturated heterocycles. The Kier molecular flexibility index (Phi) is 19.1. The Morgan fingerprint density at radius 2 is 1.49 bits per heavy atom. The van der Waals surface area contributed by atoms with Crippen LogP contribution in [0.15, 0.2) is 23.2 Å². The van der Waals surface area contributed by atoms with Crippen molar-refractivity contribution >= 4 is 93.7 Å². The molecule has 0 aliphatic carbocycles. The normalized spacial score (nSPS) is 25.3. The number of aromatic amines is 1. The van der Waals surface area contributed by atoms with Crippen molar-refractivity contribution in [3.05, 3.63) is 23.8 Å². The van der Waals surface area contributed by atoms with Crippen molar-refractivity contribution in [3.63, 3.8) is 0 Å². The summed E-state index contributed by atoms with van der Waals surface area (Å²) >= 11 is 0.893. The standard InChI is InChI=1S/C45H60N10O16S/c1-7-19(2)36-42(66)48-14-34(61)49-29-18-72-44-26(25-9-8-10-31(38(25)54-44)70-22(5)57)12-27(39(63)47-15-35(62)52-36)50-43(67)37(20(3)32(71-23(6)58)17-69-21(4)56)53-41(65)30-11-24(59)16-55(30)45(68)28(13-33(46)60)51-40(29)64/h8-10,19-20,24,27-30,32,36-37,54,59H,7,11-18H2,1-6H3,(H2,46,60)(H,47,63)(H,48,66)(H,49,61)(H,50,67)(H,51,64)(H,52,62)(H,53,65)/t19-,20-,24+,27?,28?,29?,30-,32-,36-,37-/m0/s1. The lowest BCUT2D eigenvalue weighted by molar-refractivity contribution is -0.161. The van der Waals surface area contributed by atoms with Gasteiger partial charge in [-0.3, -0.25) is 57.5 Å². The van der Waals surface area contributed by atoms with Crippen LogP contribution in [0.2, 0.25) is 0 Å². The number of hydrogen-bond acceptors (Lipinski definition) is 17. The summed E-state index contributed by atoms with van der Waals surface area (Å²) in [6.07, 6.45) is -4.14. The highest BCUT2D eigenvalue weighted by molar-refractivity contribution is 7.99. The molecule has 72 heavy (non-hydrogen) atoms. The zero-order valence-corrected chi connectivity index (χ0v) is 41.2. The molecular weight excluding hydrogens is 969 g/mol. The average molecular weight is 1030 g/mol. The number of ether oxygens (including phenoxy) is 3. The maximum Gasteiger partial charge on any atom is 0.308 e. The number of nitrogens with two attached hydrogens (primary N) is 1. The SMILES string of the molecule is CC[C@H](C)[C@@H]1NC(=O)CNC(=O)C2Cc3c([nH]c4c(OC(C)=O)cccc34)SCC(NC(=O)CNC1=O)C(=O)NC(CC(N)=O)C(=O)N1C[C@H](O)C[C@H]1C(=O)N[C@@H]([C@@H](C)[C@H](COC(C)=O)OC(C)=O)C(=O)N2. The Bertz CT molecular complexity index is 2480. The van der Waals surface area contributed by atoms with E-state index in [1.165, 1.54) is 19.1 Å². The molecular formula is C45H60N10O16S. The second-order valence-corrected chi connectivity index (χ2v) is 18.7.